The van der Waals surface area contributed by atoms with Crippen molar-refractivity contribution in [2.75, 3.05) is 0 Å². The topological polar surface area (TPSA) is 17.1 Å². The summed E-state index contributed by atoms with van der Waals surface area (Å²) in [5, 5.41) is 0. The lowest BCUT2D eigenvalue weighted by atomic mass is 9.84. The summed E-state index contributed by atoms with van der Waals surface area (Å²) in [4.78, 5) is 11.9. The zero-order valence-corrected chi connectivity index (χ0v) is 10.3. The van der Waals surface area contributed by atoms with Crippen LogP contribution in [0.25, 0.3) is 0 Å². The molecule has 0 saturated heterocycles. The van der Waals surface area contributed by atoms with Crippen LogP contribution < -0.4 is 0 Å². The second-order valence-electron chi connectivity index (χ2n) is 5.53. The van der Waals surface area contributed by atoms with Gasteiger partial charge in [0.1, 0.15) is 5.78 Å². The first-order chi connectivity index (χ1) is 7.84. The molecule has 0 spiro atoms. The molecule has 0 aromatic heterocycles. The molecule has 0 atom stereocenters. The van der Waals surface area contributed by atoms with Gasteiger partial charge < -0.3 is 0 Å². The summed E-state index contributed by atoms with van der Waals surface area (Å²) in [5.74, 6) is 1.21. The molecular weight excluding hydrogens is 196 g/mol. The van der Waals surface area contributed by atoms with Crippen molar-refractivity contribution >= 4 is 5.78 Å². The van der Waals surface area contributed by atoms with Gasteiger partial charge in [-0.1, -0.05) is 43.8 Å². The Morgan fingerprint density at radius 2 is 1.94 bits per heavy atom. The highest BCUT2D eigenvalue weighted by molar-refractivity contribution is 5.81. The maximum Gasteiger partial charge on any atom is 0.137 e. The maximum atomic E-state index is 11.9. The SMILES string of the molecule is O=C(CC1=CCCCC1)CC1CCCCC1. The van der Waals surface area contributed by atoms with Gasteiger partial charge in [-0.2, -0.15) is 0 Å². The van der Waals surface area contributed by atoms with E-state index < -0.39 is 0 Å². The summed E-state index contributed by atoms with van der Waals surface area (Å²) in [6.45, 7) is 0. The molecule has 1 nitrogen and oxygen atoms in total. The van der Waals surface area contributed by atoms with Gasteiger partial charge in [-0.25, -0.2) is 0 Å². The highest BCUT2D eigenvalue weighted by Crippen LogP contribution is 2.28. The largest absolute Gasteiger partial charge is 0.299 e. The third kappa shape index (κ3) is 3.77. The van der Waals surface area contributed by atoms with Gasteiger partial charge in [0.05, 0.1) is 0 Å². The Labute approximate surface area is 99.3 Å². The molecule has 0 N–H and O–H groups in total. The summed E-state index contributed by atoms with van der Waals surface area (Å²) in [5.41, 5.74) is 1.42. The third-order valence-electron chi connectivity index (χ3n) is 4.05. The van der Waals surface area contributed by atoms with Gasteiger partial charge in [0.25, 0.3) is 0 Å². The van der Waals surface area contributed by atoms with Crippen LogP contribution in [0.2, 0.25) is 0 Å². The molecule has 0 unspecified atom stereocenters. The van der Waals surface area contributed by atoms with Crippen LogP contribution in [0, 0.1) is 5.92 Å². The van der Waals surface area contributed by atoms with Crippen LogP contribution in [0.3, 0.4) is 0 Å². The number of hydrogen-bond acceptors (Lipinski definition) is 1. The van der Waals surface area contributed by atoms with Crippen LogP contribution in [-0.2, 0) is 4.79 Å². The van der Waals surface area contributed by atoms with Gasteiger partial charge in [-0.3, -0.25) is 4.79 Å². The fourth-order valence-corrected chi connectivity index (χ4v) is 3.10. The van der Waals surface area contributed by atoms with E-state index in [0.717, 1.165) is 12.8 Å². The number of allylic oxidation sites excluding steroid dienone is 2. The standard InChI is InChI=1S/C15H24O/c16-15(11-13-7-3-1-4-8-13)12-14-9-5-2-6-10-14/h7,14H,1-6,8-12H2. The molecule has 0 heterocycles. The maximum absolute atomic E-state index is 11.9. The van der Waals surface area contributed by atoms with Crippen molar-refractivity contribution in [3.63, 3.8) is 0 Å². The molecule has 0 radical (unpaired) electrons. The Morgan fingerprint density at radius 3 is 2.62 bits per heavy atom. The summed E-state index contributed by atoms with van der Waals surface area (Å²) < 4.78 is 0. The van der Waals surface area contributed by atoms with E-state index in [1.807, 2.05) is 0 Å². The fourth-order valence-electron chi connectivity index (χ4n) is 3.10. The van der Waals surface area contributed by atoms with Crippen LogP contribution in [0.5, 0.6) is 0 Å². The van der Waals surface area contributed by atoms with E-state index >= 15 is 0 Å². The normalized spacial score (nSPS) is 22.9. The van der Waals surface area contributed by atoms with E-state index in [2.05, 4.69) is 6.08 Å². The van der Waals surface area contributed by atoms with Crippen molar-refractivity contribution in [3.05, 3.63) is 11.6 Å². The molecule has 0 bridgehead atoms. The van der Waals surface area contributed by atoms with Crippen molar-refractivity contribution in [1.82, 2.24) is 0 Å². The van der Waals surface area contributed by atoms with E-state index in [0.29, 0.717) is 11.7 Å². The van der Waals surface area contributed by atoms with Gasteiger partial charge in [-0.05, 0) is 31.6 Å². The van der Waals surface area contributed by atoms with Gasteiger partial charge in [-0.15, -0.1) is 0 Å². The summed E-state index contributed by atoms with van der Waals surface area (Å²) in [7, 11) is 0. The second kappa shape index (κ2) is 6.22. The number of Topliss-reactive ketones (excluding diaryl/α,β-unsaturated/α-hetero) is 1. The molecule has 1 fully saturated rings. The molecule has 0 aliphatic heterocycles. The van der Waals surface area contributed by atoms with Gasteiger partial charge in [0.15, 0.2) is 0 Å². The average molecular weight is 220 g/mol. The van der Waals surface area contributed by atoms with Gasteiger partial charge in [0.2, 0.25) is 0 Å². The first-order valence-corrected chi connectivity index (χ1v) is 7.04. The van der Waals surface area contributed by atoms with Crippen molar-refractivity contribution in [3.8, 4) is 0 Å². The molecule has 0 amide bonds. The Bertz CT molecular complexity index is 259. The first kappa shape index (κ1) is 11.9. The summed E-state index contributed by atoms with van der Waals surface area (Å²) in [6, 6.07) is 0. The van der Waals surface area contributed by atoms with E-state index in [1.165, 1.54) is 63.4 Å². The van der Waals surface area contributed by atoms with Crippen molar-refractivity contribution in [2.45, 2.75) is 70.6 Å². The summed E-state index contributed by atoms with van der Waals surface area (Å²) >= 11 is 0. The molecule has 16 heavy (non-hydrogen) atoms. The highest BCUT2D eigenvalue weighted by atomic mass is 16.1. The predicted molar refractivity (Wildman–Crippen MR) is 67.4 cm³/mol. The second-order valence-corrected chi connectivity index (χ2v) is 5.53. The molecule has 0 aromatic carbocycles. The van der Waals surface area contributed by atoms with Crippen molar-refractivity contribution in [2.24, 2.45) is 5.92 Å². The van der Waals surface area contributed by atoms with Gasteiger partial charge >= 0.3 is 0 Å². The Balaban J connectivity index is 1.72. The Hall–Kier alpha value is -0.590. The molecule has 1 heteroatoms. The van der Waals surface area contributed by atoms with Crippen LogP contribution in [0.1, 0.15) is 70.6 Å². The molecule has 2 aliphatic carbocycles. The minimum absolute atomic E-state index is 0.500. The van der Waals surface area contributed by atoms with Crippen LogP contribution in [0.15, 0.2) is 11.6 Å². The molecule has 1 saturated carbocycles. The van der Waals surface area contributed by atoms with Crippen molar-refractivity contribution in [1.29, 1.82) is 0 Å². The molecule has 90 valence electrons. The fraction of sp³-hybridized carbons (Fsp3) is 0.800. The van der Waals surface area contributed by atoms with E-state index in [9.17, 15) is 4.79 Å². The Kier molecular flexibility index (Phi) is 4.62. The quantitative estimate of drug-likeness (QED) is 0.641. The number of hydrogen-bond donors (Lipinski definition) is 0. The smallest absolute Gasteiger partial charge is 0.137 e. The van der Waals surface area contributed by atoms with E-state index in [4.69, 9.17) is 0 Å². The summed E-state index contributed by atoms with van der Waals surface area (Å²) in [6.07, 6.45) is 15.6. The minimum atomic E-state index is 0.500. The van der Waals surface area contributed by atoms with E-state index in [-0.39, 0.29) is 0 Å². The van der Waals surface area contributed by atoms with Crippen LogP contribution in [-0.4, -0.2) is 5.78 Å². The monoisotopic (exact) mass is 220 g/mol. The zero-order chi connectivity index (χ0) is 11.2. The number of carbonyl (C=O) groups excluding carboxylic acids is 1. The zero-order valence-electron chi connectivity index (χ0n) is 10.3. The number of ketones is 1. The molecule has 2 aliphatic rings. The Morgan fingerprint density at radius 1 is 1.12 bits per heavy atom. The predicted octanol–water partition coefficient (Wildman–Crippen LogP) is 4.42. The average Bonchev–Trinajstić information content (AvgIpc) is 2.31. The lowest BCUT2D eigenvalue weighted by Gasteiger charge is -2.21. The minimum Gasteiger partial charge on any atom is -0.299 e. The highest BCUT2D eigenvalue weighted by Gasteiger charge is 2.17. The van der Waals surface area contributed by atoms with Gasteiger partial charge in [0, 0.05) is 12.8 Å². The molecule has 0 aromatic rings. The molecular formula is C15H24O. The lowest BCUT2D eigenvalue weighted by molar-refractivity contribution is -0.119. The molecule has 2 rings (SSSR count). The lowest BCUT2D eigenvalue weighted by Crippen LogP contribution is -2.12. The number of rotatable bonds is 4. The van der Waals surface area contributed by atoms with Crippen LogP contribution in [0.4, 0.5) is 0 Å². The van der Waals surface area contributed by atoms with Crippen molar-refractivity contribution < 1.29 is 4.79 Å². The third-order valence-corrected chi connectivity index (χ3v) is 4.05. The first-order valence-electron chi connectivity index (χ1n) is 7.04. The number of carbonyl (C=O) groups is 1. The van der Waals surface area contributed by atoms with E-state index in [1.54, 1.807) is 0 Å². The van der Waals surface area contributed by atoms with Crippen LogP contribution >= 0.6 is 0 Å².